The number of pyridine rings is 1. The van der Waals surface area contributed by atoms with Crippen LogP contribution in [0.15, 0.2) is 36.7 Å². The van der Waals surface area contributed by atoms with Gasteiger partial charge in [0.25, 0.3) is 0 Å². The van der Waals surface area contributed by atoms with Crippen LogP contribution in [0.3, 0.4) is 0 Å². The highest BCUT2D eigenvalue weighted by atomic mass is 14.6. The van der Waals surface area contributed by atoms with Crippen LogP contribution >= 0.6 is 0 Å². The predicted octanol–water partition coefficient (Wildman–Crippen LogP) is 4.10. The maximum absolute atomic E-state index is 6.04. The van der Waals surface area contributed by atoms with Gasteiger partial charge in [-0.1, -0.05) is 44.0 Å². The summed E-state index contributed by atoms with van der Waals surface area (Å²) in [6.45, 7) is 3.11. The Morgan fingerprint density at radius 1 is 1.20 bits per heavy atom. The van der Waals surface area contributed by atoms with E-state index in [1.807, 2.05) is 6.20 Å². The summed E-state index contributed by atoms with van der Waals surface area (Å²) in [4.78, 5) is 4.47. The number of nitrogens with two attached hydrogens (primary N) is 1. The first kappa shape index (κ1) is 13.6. The van der Waals surface area contributed by atoms with Crippen molar-refractivity contribution < 1.29 is 0 Å². The second-order valence-electron chi connectivity index (χ2n) is 6.14. The summed E-state index contributed by atoms with van der Waals surface area (Å²) in [5.74, 6) is 2.05. The molecule has 106 valence electrons. The van der Waals surface area contributed by atoms with E-state index in [4.69, 9.17) is 5.73 Å². The largest absolute Gasteiger partial charge is 0.330 e. The van der Waals surface area contributed by atoms with Crippen LogP contribution in [0.25, 0.3) is 10.8 Å². The molecule has 0 bridgehead atoms. The first-order chi connectivity index (χ1) is 9.83. The molecule has 0 spiro atoms. The number of hydrogen-bond donors (Lipinski definition) is 1. The number of nitrogens with zero attached hydrogens (tertiary/aromatic N) is 1. The van der Waals surface area contributed by atoms with Gasteiger partial charge >= 0.3 is 0 Å². The fourth-order valence-corrected chi connectivity index (χ4v) is 3.79. The van der Waals surface area contributed by atoms with Gasteiger partial charge in [0.2, 0.25) is 0 Å². The molecule has 0 aliphatic heterocycles. The molecule has 3 unspecified atom stereocenters. The van der Waals surface area contributed by atoms with Gasteiger partial charge in [0.15, 0.2) is 0 Å². The summed E-state index contributed by atoms with van der Waals surface area (Å²) < 4.78 is 0. The Labute approximate surface area is 121 Å². The molecule has 1 fully saturated rings. The van der Waals surface area contributed by atoms with E-state index in [9.17, 15) is 0 Å². The van der Waals surface area contributed by atoms with Crippen molar-refractivity contribution in [3.05, 3.63) is 42.2 Å². The van der Waals surface area contributed by atoms with E-state index in [0.717, 1.165) is 12.5 Å². The van der Waals surface area contributed by atoms with Gasteiger partial charge in [-0.05, 0) is 48.1 Å². The van der Waals surface area contributed by atoms with Crippen molar-refractivity contribution in [1.29, 1.82) is 0 Å². The maximum Gasteiger partial charge on any atom is 0.0346 e. The molecule has 1 saturated carbocycles. The summed E-state index contributed by atoms with van der Waals surface area (Å²) in [5, 5.41) is 2.61. The Morgan fingerprint density at radius 3 is 2.85 bits per heavy atom. The molecule has 0 amide bonds. The number of aromatic nitrogens is 1. The van der Waals surface area contributed by atoms with E-state index in [2.05, 4.69) is 42.4 Å². The summed E-state index contributed by atoms with van der Waals surface area (Å²) in [6.07, 6.45) is 9.21. The normalized spacial score (nSPS) is 26.8. The third-order valence-corrected chi connectivity index (χ3v) is 5.08. The second kappa shape index (κ2) is 5.92. The summed E-state index contributed by atoms with van der Waals surface area (Å²) in [6, 6.07) is 8.60. The van der Waals surface area contributed by atoms with Gasteiger partial charge in [-0.3, -0.25) is 4.98 Å². The van der Waals surface area contributed by atoms with Crippen molar-refractivity contribution in [2.75, 3.05) is 6.54 Å². The monoisotopic (exact) mass is 268 g/mol. The Balaban J connectivity index is 2.03. The molecule has 0 saturated heterocycles. The molecule has 2 heteroatoms. The van der Waals surface area contributed by atoms with Gasteiger partial charge in [0.05, 0.1) is 0 Å². The molecule has 0 radical (unpaired) electrons. The van der Waals surface area contributed by atoms with Crippen molar-refractivity contribution in [3.63, 3.8) is 0 Å². The van der Waals surface area contributed by atoms with Gasteiger partial charge in [-0.15, -0.1) is 0 Å². The first-order valence-corrected chi connectivity index (χ1v) is 7.86. The zero-order chi connectivity index (χ0) is 13.9. The van der Waals surface area contributed by atoms with Gasteiger partial charge in [-0.25, -0.2) is 0 Å². The van der Waals surface area contributed by atoms with E-state index < -0.39 is 0 Å². The Kier molecular flexibility index (Phi) is 4.02. The van der Waals surface area contributed by atoms with E-state index in [1.165, 1.54) is 42.0 Å². The van der Waals surface area contributed by atoms with Crippen LogP contribution in [0.4, 0.5) is 0 Å². The molecule has 2 N–H and O–H groups in total. The predicted molar refractivity (Wildman–Crippen MR) is 84.7 cm³/mol. The summed E-state index contributed by atoms with van der Waals surface area (Å²) in [5.41, 5.74) is 7.46. The fourth-order valence-electron chi connectivity index (χ4n) is 3.79. The van der Waals surface area contributed by atoms with E-state index in [1.54, 1.807) is 0 Å². The molecule has 3 atom stereocenters. The van der Waals surface area contributed by atoms with Gasteiger partial charge in [0, 0.05) is 17.8 Å². The van der Waals surface area contributed by atoms with Crippen LogP contribution in [-0.4, -0.2) is 11.5 Å². The van der Waals surface area contributed by atoms with E-state index >= 15 is 0 Å². The zero-order valence-electron chi connectivity index (χ0n) is 12.3. The lowest BCUT2D eigenvalue weighted by Crippen LogP contribution is -2.29. The molecule has 1 aliphatic carbocycles. The van der Waals surface area contributed by atoms with Crippen LogP contribution in [0.2, 0.25) is 0 Å². The second-order valence-corrected chi connectivity index (χ2v) is 6.14. The minimum Gasteiger partial charge on any atom is -0.330 e. The SMILES string of the molecule is CCC1CCC(CN)C(c2cncc3ccccc23)C1. The topological polar surface area (TPSA) is 38.9 Å². The van der Waals surface area contributed by atoms with Crippen LogP contribution in [0.1, 0.15) is 44.1 Å². The maximum atomic E-state index is 6.04. The highest BCUT2D eigenvalue weighted by Gasteiger charge is 2.31. The van der Waals surface area contributed by atoms with Crippen LogP contribution in [-0.2, 0) is 0 Å². The standard InChI is InChI=1S/C18H24N2/c1-2-13-7-8-14(10-19)17(9-13)18-12-20-11-15-5-3-4-6-16(15)18/h3-6,11-14,17H,2,7-10,19H2,1H3. The number of rotatable bonds is 3. The Bertz CT molecular complexity index is 573. The molecule has 2 nitrogen and oxygen atoms in total. The molecule has 20 heavy (non-hydrogen) atoms. The van der Waals surface area contributed by atoms with E-state index in [0.29, 0.717) is 11.8 Å². The van der Waals surface area contributed by atoms with Crippen LogP contribution in [0.5, 0.6) is 0 Å². The van der Waals surface area contributed by atoms with Crippen LogP contribution in [0, 0.1) is 11.8 Å². The molecule has 2 aromatic rings. The van der Waals surface area contributed by atoms with Gasteiger partial charge < -0.3 is 5.73 Å². The lowest BCUT2D eigenvalue weighted by atomic mass is 9.70. The average Bonchev–Trinajstić information content (AvgIpc) is 2.53. The lowest BCUT2D eigenvalue weighted by molar-refractivity contribution is 0.236. The van der Waals surface area contributed by atoms with Gasteiger partial charge in [-0.2, -0.15) is 0 Å². The molecule has 1 aromatic heterocycles. The minimum absolute atomic E-state index is 0.581. The van der Waals surface area contributed by atoms with Crippen molar-refractivity contribution in [1.82, 2.24) is 4.98 Å². The van der Waals surface area contributed by atoms with Gasteiger partial charge in [0.1, 0.15) is 0 Å². The number of hydrogen-bond acceptors (Lipinski definition) is 2. The third kappa shape index (κ3) is 2.45. The van der Waals surface area contributed by atoms with Crippen molar-refractivity contribution in [2.24, 2.45) is 17.6 Å². The fraction of sp³-hybridized carbons (Fsp3) is 0.500. The number of fused-ring (bicyclic) bond motifs is 1. The first-order valence-electron chi connectivity index (χ1n) is 7.86. The molecule has 3 rings (SSSR count). The Morgan fingerprint density at radius 2 is 2.05 bits per heavy atom. The number of benzene rings is 1. The molecule has 1 aromatic carbocycles. The molecular weight excluding hydrogens is 244 g/mol. The zero-order valence-corrected chi connectivity index (χ0v) is 12.3. The summed E-state index contributed by atoms with van der Waals surface area (Å²) in [7, 11) is 0. The Hall–Kier alpha value is -1.41. The van der Waals surface area contributed by atoms with Crippen molar-refractivity contribution in [3.8, 4) is 0 Å². The third-order valence-electron chi connectivity index (χ3n) is 5.08. The average molecular weight is 268 g/mol. The van der Waals surface area contributed by atoms with Crippen molar-refractivity contribution >= 4 is 10.8 Å². The minimum atomic E-state index is 0.581. The van der Waals surface area contributed by atoms with Crippen LogP contribution < -0.4 is 5.73 Å². The highest BCUT2D eigenvalue weighted by Crippen LogP contribution is 2.42. The quantitative estimate of drug-likeness (QED) is 0.910. The van der Waals surface area contributed by atoms with E-state index in [-0.39, 0.29) is 0 Å². The molecule has 1 aliphatic rings. The molecular formula is C18H24N2. The lowest BCUT2D eigenvalue weighted by Gasteiger charge is -2.36. The smallest absolute Gasteiger partial charge is 0.0346 e. The van der Waals surface area contributed by atoms with Crippen molar-refractivity contribution in [2.45, 2.75) is 38.5 Å². The highest BCUT2D eigenvalue weighted by molar-refractivity contribution is 5.85. The molecule has 1 heterocycles. The summed E-state index contributed by atoms with van der Waals surface area (Å²) >= 11 is 0.